The molecule has 106 valence electrons. The smallest absolute Gasteiger partial charge is 0.395 e. The van der Waals surface area contributed by atoms with E-state index in [1.807, 2.05) is 13.0 Å². The Balaban J connectivity index is 2.69. The molecule has 0 aliphatic rings. The first-order chi connectivity index (χ1) is 8.81. The zero-order valence-corrected chi connectivity index (χ0v) is 11.1. The fourth-order valence-corrected chi connectivity index (χ4v) is 2.19. The summed E-state index contributed by atoms with van der Waals surface area (Å²) in [6, 6.07) is 3.64. The van der Waals surface area contributed by atoms with Gasteiger partial charge in [-0.2, -0.15) is 13.2 Å². The van der Waals surface area contributed by atoms with E-state index in [0.29, 0.717) is 4.90 Å². The summed E-state index contributed by atoms with van der Waals surface area (Å²) in [6.07, 6.45) is -1.91. The molecule has 1 aromatic rings. The van der Waals surface area contributed by atoms with Crippen molar-refractivity contribution in [2.45, 2.75) is 13.1 Å². The number of thiophene rings is 1. The van der Waals surface area contributed by atoms with Gasteiger partial charge in [-0.15, -0.1) is 11.3 Å². The molecule has 0 saturated carbocycles. The highest BCUT2D eigenvalue weighted by Crippen LogP contribution is 2.18. The minimum absolute atomic E-state index is 0.341. The Morgan fingerprint density at radius 3 is 2.63 bits per heavy atom. The van der Waals surface area contributed by atoms with Gasteiger partial charge in [0.2, 0.25) is 5.91 Å². The molecule has 19 heavy (non-hydrogen) atoms. The zero-order valence-electron chi connectivity index (χ0n) is 10.3. The second kappa shape index (κ2) is 6.72. The normalized spacial score (nSPS) is 12.1. The average Bonchev–Trinajstić information content (AvgIpc) is 2.70. The van der Waals surface area contributed by atoms with Crippen LogP contribution < -0.4 is 0 Å². The maximum absolute atomic E-state index is 12.3. The van der Waals surface area contributed by atoms with Crippen LogP contribution in [0.5, 0.6) is 0 Å². The van der Waals surface area contributed by atoms with Crippen LogP contribution in [-0.2, 0) is 4.79 Å². The fourth-order valence-electron chi connectivity index (χ4n) is 1.41. The van der Waals surface area contributed by atoms with Crippen LogP contribution >= 0.6 is 11.3 Å². The number of rotatable bonds is 5. The number of hydrogen-bond acceptors (Lipinski definition) is 3. The number of halogens is 3. The van der Waals surface area contributed by atoms with Crippen LogP contribution in [0, 0.1) is 6.92 Å². The van der Waals surface area contributed by atoms with Gasteiger partial charge in [0.15, 0.2) is 0 Å². The van der Waals surface area contributed by atoms with Crippen molar-refractivity contribution >= 4 is 23.3 Å². The van der Waals surface area contributed by atoms with Crippen LogP contribution in [0.2, 0.25) is 0 Å². The number of aliphatic hydroxyl groups is 1. The molecule has 0 saturated heterocycles. The molecule has 1 heterocycles. The molecule has 0 spiro atoms. The summed E-state index contributed by atoms with van der Waals surface area (Å²) in [4.78, 5) is 14.0. The maximum atomic E-state index is 12.3. The van der Waals surface area contributed by atoms with Crippen molar-refractivity contribution in [2.24, 2.45) is 0 Å². The van der Waals surface area contributed by atoms with Crippen molar-refractivity contribution in [2.75, 3.05) is 19.7 Å². The van der Waals surface area contributed by atoms with Crippen molar-refractivity contribution in [3.63, 3.8) is 0 Å². The number of alkyl halides is 3. The van der Waals surface area contributed by atoms with Crippen molar-refractivity contribution in [1.82, 2.24) is 4.90 Å². The number of amides is 1. The van der Waals surface area contributed by atoms with Crippen molar-refractivity contribution < 1.29 is 23.1 Å². The molecule has 0 atom stereocenters. The monoisotopic (exact) mass is 293 g/mol. The second-order valence-corrected chi connectivity index (χ2v) is 5.20. The van der Waals surface area contributed by atoms with Gasteiger partial charge in [0, 0.05) is 22.4 Å². The molecule has 1 rings (SSSR count). The lowest BCUT2D eigenvalue weighted by Gasteiger charge is -2.21. The summed E-state index contributed by atoms with van der Waals surface area (Å²) < 4.78 is 36.8. The van der Waals surface area contributed by atoms with Gasteiger partial charge in [-0.3, -0.25) is 4.79 Å². The summed E-state index contributed by atoms with van der Waals surface area (Å²) in [5.74, 6) is -0.766. The first kappa shape index (κ1) is 15.7. The van der Waals surface area contributed by atoms with E-state index < -0.39 is 25.2 Å². The lowest BCUT2D eigenvalue weighted by Crippen LogP contribution is -2.39. The molecule has 0 aliphatic carbocycles. The largest absolute Gasteiger partial charge is 0.406 e. The minimum Gasteiger partial charge on any atom is -0.395 e. The first-order valence-electron chi connectivity index (χ1n) is 5.53. The summed E-state index contributed by atoms with van der Waals surface area (Å²) in [5.41, 5.74) is 0. The van der Waals surface area contributed by atoms with Gasteiger partial charge in [-0.1, -0.05) is 0 Å². The Labute approximate surface area is 113 Å². The highest BCUT2D eigenvalue weighted by Gasteiger charge is 2.32. The lowest BCUT2D eigenvalue weighted by atomic mass is 10.3. The predicted octanol–water partition coefficient (Wildman–Crippen LogP) is 2.45. The third-order valence-corrected chi connectivity index (χ3v) is 3.17. The van der Waals surface area contributed by atoms with Gasteiger partial charge in [0.1, 0.15) is 6.54 Å². The summed E-state index contributed by atoms with van der Waals surface area (Å²) in [7, 11) is 0. The minimum atomic E-state index is -4.47. The Kier molecular flexibility index (Phi) is 5.56. The predicted molar refractivity (Wildman–Crippen MR) is 67.8 cm³/mol. The van der Waals surface area contributed by atoms with Gasteiger partial charge >= 0.3 is 6.18 Å². The third kappa shape index (κ3) is 5.89. The number of aliphatic hydroxyl groups excluding tert-OH is 1. The van der Waals surface area contributed by atoms with E-state index in [9.17, 15) is 18.0 Å². The van der Waals surface area contributed by atoms with E-state index >= 15 is 0 Å². The van der Waals surface area contributed by atoms with E-state index in [0.717, 1.165) is 15.8 Å². The summed E-state index contributed by atoms with van der Waals surface area (Å²) in [6.45, 7) is -0.314. The molecule has 0 unspecified atom stereocenters. The molecule has 7 heteroatoms. The Morgan fingerprint density at radius 2 is 2.16 bits per heavy atom. The quantitative estimate of drug-likeness (QED) is 0.847. The van der Waals surface area contributed by atoms with E-state index in [2.05, 4.69) is 0 Å². The van der Waals surface area contributed by atoms with Crippen LogP contribution in [0.1, 0.15) is 9.75 Å². The molecular formula is C12H14F3NO2S. The topological polar surface area (TPSA) is 40.5 Å². The van der Waals surface area contributed by atoms with Crippen LogP contribution in [0.4, 0.5) is 13.2 Å². The van der Waals surface area contributed by atoms with Gasteiger partial charge in [0.05, 0.1) is 6.61 Å². The summed E-state index contributed by atoms with van der Waals surface area (Å²) >= 11 is 1.44. The fraction of sp³-hybridized carbons (Fsp3) is 0.417. The van der Waals surface area contributed by atoms with Crippen molar-refractivity contribution in [1.29, 1.82) is 0 Å². The van der Waals surface area contributed by atoms with E-state index in [4.69, 9.17) is 5.11 Å². The molecule has 1 amide bonds. The molecule has 0 aliphatic heterocycles. The highest BCUT2D eigenvalue weighted by molar-refractivity contribution is 7.12. The van der Waals surface area contributed by atoms with Crippen LogP contribution in [-0.4, -0.2) is 41.8 Å². The van der Waals surface area contributed by atoms with E-state index in [-0.39, 0.29) is 6.54 Å². The average molecular weight is 293 g/mol. The van der Waals surface area contributed by atoms with Gasteiger partial charge in [0.25, 0.3) is 0 Å². The van der Waals surface area contributed by atoms with E-state index in [1.54, 1.807) is 6.07 Å². The lowest BCUT2D eigenvalue weighted by molar-refractivity contribution is -0.158. The number of hydrogen-bond donors (Lipinski definition) is 1. The van der Waals surface area contributed by atoms with Crippen molar-refractivity contribution in [3.05, 3.63) is 28.0 Å². The molecule has 1 aromatic heterocycles. The standard InChI is InChI=1S/C12H14F3NO2S/c1-9-2-3-10(19-9)4-5-11(18)16(6-7-17)8-12(13,14)15/h2-5,17H,6-8H2,1H3/b5-4+. The highest BCUT2D eigenvalue weighted by atomic mass is 32.1. The first-order valence-corrected chi connectivity index (χ1v) is 6.34. The SMILES string of the molecule is Cc1ccc(/C=C/C(=O)N(CCO)CC(F)(F)F)s1. The Hall–Kier alpha value is -1.34. The van der Waals surface area contributed by atoms with Crippen LogP contribution in [0.3, 0.4) is 0 Å². The van der Waals surface area contributed by atoms with Gasteiger partial charge in [-0.25, -0.2) is 0 Å². The van der Waals surface area contributed by atoms with Crippen LogP contribution in [0.15, 0.2) is 18.2 Å². The van der Waals surface area contributed by atoms with E-state index in [1.165, 1.54) is 17.4 Å². The molecule has 3 nitrogen and oxygen atoms in total. The number of carbonyl (C=O) groups excluding carboxylic acids is 1. The van der Waals surface area contributed by atoms with Crippen LogP contribution in [0.25, 0.3) is 6.08 Å². The van der Waals surface area contributed by atoms with Gasteiger partial charge < -0.3 is 10.0 Å². The number of nitrogens with zero attached hydrogens (tertiary/aromatic N) is 1. The molecule has 0 bridgehead atoms. The number of aryl methyl sites for hydroxylation is 1. The number of carbonyl (C=O) groups is 1. The molecular weight excluding hydrogens is 279 g/mol. The Bertz CT molecular complexity index is 454. The van der Waals surface area contributed by atoms with Crippen molar-refractivity contribution in [3.8, 4) is 0 Å². The molecule has 1 N–H and O–H groups in total. The second-order valence-electron chi connectivity index (χ2n) is 3.88. The summed E-state index contributed by atoms with van der Waals surface area (Å²) in [5, 5.41) is 8.69. The maximum Gasteiger partial charge on any atom is 0.406 e. The zero-order chi connectivity index (χ0) is 14.5. The molecule has 0 radical (unpaired) electrons. The Morgan fingerprint density at radius 1 is 1.47 bits per heavy atom. The molecule has 0 fully saturated rings. The molecule has 0 aromatic carbocycles. The van der Waals surface area contributed by atoms with Gasteiger partial charge in [-0.05, 0) is 25.1 Å². The third-order valence-electron chi connectivity index (χ3n) is 2.20.